The lowest BCUT2D eigenvalue weighted by Crippen LogP contribution is -2.36. The fourth-order valence-electron chi connectivity index (χ4n) is 5.00. The van der Waals surface area contributed by atoms with Crippen LogP contribution >= 0.6 is 45.1 Å². The van der Waals surface area contributed by atoms with Gasteiger partial charge in [0.25, 0.3) is 0 Å². The normalized spacial score (nSPS) is 18.8. The topological polar surface area (TPSA) is 347 Å². The minimum atomic E-state index is -5.75. The number of nitrogen functional groups attached to an aromatic ring is 1. The molecule has 62 heavy (non-hydrogen) atoms. The van der Waals surface area contributed by atoms with Gasteiger partial charge in [0.15, 0.2) is 0 Å². The second-order valence-electron chi connectivity index (χ2n) is 13.7. The summed E-state index contributed by atoms with van der Waals surface area (Å²) < 4.78 is 81.4. The molecule has 1 aromatic heterocycles. The third kappa shape index (κ3) is 26.8. The van der Waals surface area contributed by atoms with E-state index in [-0.39, 0.29) is 43.0 Å². The summed E-state index contributed by atoms with van der Waals surface area (Å²) in [6.45, 7) is 10.6. The van der Waals surface area contributed by atoms with Gasteiger partial charge in [0.1, 0.15) is 24.1 Å². The fraction of sp³-hybridized carbons (Fsp3) is 0.781. The van der Waals surface area contributed by atoms with Gasteiger partial charge < -0.3 is 69.4 Å². The lowest BCUT2D eigenvalue weighted by atomic mass is 10.2. The maximum absolute atomic E-state index is 12.4. The molecule has 1 aliphatic rings. The molecule has 2 amide bonds. The van der Waals surface area contributed by atoms with Crippen LogP contribution in [0.4, 0.5) is 5.82 Å². The van der Waals surface area contributed by atoms with E-state index in [1.165, 1.54) is 33.9 Å². The summed E-state index contributed by atoms with van der Waals surface area (Å²) in [6.07, 6.45) is 1.61. The Bertz CT molecular complexity index is 1710. The highest BCUT2D eigenvalue weighted by molar-refractivity contribution is 8.77. The number of aromatic nitrogens is 2. The van der Waals surface area contributed by atoms with Gasteiger partial charge >= 0.3 is 29.2 Å². The van der Waals surface area contributed by atoms with Crippen molar-refractivity contribution >= 4 is 69.4 Å². The van der Waals surface area contributed by atoms with Crippen LogP contribution in [0.3, 0.4) is 0 Å². The van der Waals surface area contributed by atoms with Crippen molar-refractivity contribution in [3.05, 3.63) is 22.7 Å². The number of ether oxygens (including phenoxy) is 6. The van der Waals surface area contributed by atoms with E-state index in [1.807, 2.05) is 13.8 Å². The third-order valence-electron chi connectivity index (χ3n) is 7.86. The van der Waals surface area contributed by atoms with Crippen LogP contribution < -0.4 is 22.1 Å². The molecule has 2 heterocycles. The Kier molecular flexibility index (Phi) is 26.9. The highest BCUT2D eigenvalue weighted by Gasteiger charge is 2.43. The summed E-state index contributed by atoms with van der Waals surface area (Å²) in [4.78, 5) is 80.9. The number of phosphoric acid groups is 3. The van der Waals surface area contributed by atoms with Gasteiger partial charge in [0, 0.05) is 49.8 Å². The van der Waals surface area contributed by atoms with Crippen LogP contribution in [0.15, 0.2) is 22.1 Å². The largest absolute Gasteiger partial charge is 0.490 e. The van der Waals surface area contributed by atoms with E-state index in [1.54, 1.807) is 0 Å². The number of aliphatic imine (C=N–C) groups is 1. The van der Waals surface area contributed by atoms with Crippen molar-refractivity contribution in [2.75, 3.05) is 90.8 Å². The molecule has 2 unspecified atom stereocenters. The van der Waals surface area contributed by atoms with Gasteiger partial charge in [-0.15, -0.1) is 0 Å². The van der Waals surface area contributed by atoms with Crippen LogP contribution in [0.2, 0.25) is 0 Å². The fourth-order valence-corrected chi connectivity index (χ4v) is 10.2. The average molecular weight is 989 g/mol. The van der Waals surface area contributed by atoms with E-state index in [4.69, 9.17) is 48.5 Å². The van der Waals surface area contributed by atoms with Crippen LogP contribution in [-0.2, 0) is 64.9 Å². The molecular formula is C32H59N6O19P3S2. The zero-order valence-electron chi connectivity index (χ0n) is 34.5. The van der Waals surface area contributed by atoms with Crippen molar-refractivity contribution < 1.29 is 84.4 Å². The molecule has 0 saturated carbocycles. The van der Waals surface area contributed by atoms with E-state index in [2.05, 4.69) is 35.9 Å². The zero-order chi connectivity index (χ0) is 46.1. The first-order chi connectivity index (χ1) is 29.2. The van der Waals surface area contributed by atoms with Gasteiger partial charge in [-0.05, 0) is 39.5 Å². The Morgan fingerprint density at radius 2 is 1.56 bits per heavy atom. The lowest BCUT2D eigenvalue weighted by molar-refractivity contribution is -0.122. The molecule has 2 rings (SSSR count). The number of unbranched alkanes of at least 4 members (excludes halogenated alkanes) is 2. The summed E-state index contributed by atoms with van der Waals surface area (Å²) in [6, 6.07) is 1.34. The Labute approximate surface area is 367 Å². The summed E-state index contributed by atoms with van der Waals surface area (Å²) in [5, 5.41) is 5.67. The molecular weight excluding hydrogens is 929 g/mol. The molecule has 1 aromatic rings. The highest BCUT2D eigenvalue weighted by Crippen LogP contribution is 2.66. The predicted octanol–water partition coefficient (Wildman–Crippen LogP) is 1.91. The Morgan fingerprint density at radius 3 is 2.19 bits per heavy atom. The van der Waals surface area contributed by atoms with Crippen molar-refractivity contribution in [2.24, 2.45) is 4.99 Å². The van der Waals surface area contributed by atoms with Crippen molar-refractivity contribution in [1.29, 1.82) is 0 Å². The minimum Gasteiger partial charge on any atom is -0.383 e. The zero-order valence-corrected chi connectivity index (χ0v) is 38.8. The molecule has 0 spiro atoms. The number of nitrogens with two attached hydrogens (primary N) is 1. The van der Waals surface area contributed by atoms with Crippen molar-refractivity contribution in [3.63, 3.8) is 0 Å². The van der Waals surface area contributed by atoms with Crippen molar-refractivity contribution in [1.82, 2.24) is 20.2 Å². The molecule has 0 bridgehead atoms. The van der Waals surface area contributed by atoms with Gasteiger partial charge in [0.2, 0.25) is 11.8 Å². The number of carbonyl (C=O) groups excluding carboxylic acids is 2. The van der Waals surface area contributed by atoms with E-state index < -0.39 is 58.9 Å². The summed E-state index contributed by atoms with van der Waals surface area (Å²) >= 11 is 0. The maximum Gasteiger partial charge on any atom is 0.490 e. The predicted molar refractivity (Wildman–Crippen MR) is 227 cm³/mol. The van der Waals surface area contributed by atoms with Gasteiger partial charge in [-0.3, -0.25) is 18.7 Å². The first-order valence-electron chi connectivity index (χ1n) is 19.2. The van der Waals surface area contributed by atoms with Gasteiger partial charge in [-0.1, -0.05) is 28.0 Å². The maximum atomic E-state index is 12.4. The number of phosphoric ester groups is 1. The molecule has 1 fully saturated rings. The Hall–Kier alpha value is -1.84. The molecule has 5 atom stereocenters. The number of hydrogen-bond donors (Lipinski definition) is 7. The first kappa shape index (κ1) is 56.3. The molecule has 0 radical (unpaired) electrons. The minimum absolute atomic E-state index is 0.00678. The summed E-state index contributed by atoms with van der Waals surface area (Å²) in [5.74, 6) is -0.227. The monoisotopic (exact) mass is 988 g/mol. The molecule has 1 saturated heterocycles. The Morgan fingerprint density at radius 1 is 0.935 bits per heavy atom. The number of anilines is 1. The van der Waals surface area contributed by atoms with E-state index in [0.717, 1.165) is 30.4 Å². The molecule has 25 nitrogen and oxygen atoms in total. The summed E-state index contributed by atoms with van der Waals surface area (Å²) in [5.41, 5.74) is 4.81. The van der Waals surface area contributed by atoms with Gasteiger partial charge in [-0.25, -0.2) is 18.5 Å². The molecule has 0 aliphatic carbocycles. The van der Waals surface area contributed by atoms with E-state index in [0.29, 0.717) is 65.8 Å². The first-order valence-corrected chi connectivity index (χ1v) is 26.0. The number of amides is 2. The quantitative estimate of drug-likeness (QED) is 0.0166. The molecule has 8 N–H and O–H groups in total. The molecule has 30 heteroatoms. The molecule has 1 aliphatic heterocycles. The van der Waals surface area contributed by atoms with Crippen LogP contribution in [0, 0.1) is 0 Å². The van der Waals surface area contributed by atoms with Crippen LogP contribution in [0.1, 0.15) is 58.6 Å². The summed E-state index contributed by atoms with van der Waals surface area (Å²) in [7, 11) is -14.2. The lowest BCUT2D eigenvalue weighted by Gasteiger charge is -2.24. The second-order valence-corrected chi connectivity index (χ2v) is 21.0. The number of rotatable bonds is 36. The van der Waals surface area contributed by atoms with Crippen molar-refractivity contribution in [3.8, 4) is 0 Å². The molecule has 358 valence electrons. The van der Waals surface area contributed by atoms with E-state index in [9.17, 15) is 37.9 Å². The van der Waals surface area contributed by atoms with Crippen LogP contribution in [0.5, 0.6) is 0 Å². The van der Waals surface area contributed by atoms with Crippen LogP contribution in [-0.4, -0.2) is 150 Å². The van der Waals surface area contributed by atoms with Crippen LogP contribution in [0.25, 0.3) is 0 Å². The number of hydrogen-bond acceptors (Lipinski definition) is 20. The SMILES string of the molecule is C=NCCCCCC(=O)NCCOCCOCCOCCOCCC(=O)NCC(C)(C)SSCO[C@@H]1C[C@H](n2ccc(N)nc2=O)O[C@@H]1COP(=O)(O)OP(=O)(O)OP(=O)(O)O. The standard InChI is InChI=1S/C32H59N6O19P3S2/c1-32(2,23-36-29(40)9-13-49-15-17-51-19-20-52-18-16-50-14-11-35-28(39)7-5-4-6-10-34-3)62-61-24-53-25-21-30(38-12-8-27(33)37-31(38)41)55-26(25)22-54-59(45,46)57-60(47,48)56-58(42,43)44/h8,12,25-26,30H,3-7,9-11,13-24H2,1-2H3,(H,35,39)(H,36,40)(H,45,46)(H,47,48)(H2,33,37,41)(H2,42,43,44)/t25-,26-,30-/m1/s1. The second kappa shape index (κ2) is 29.6. The number of nitrogens with one attached hydrogen (secondary N) is 2. The third-order valence-corrected chi connectivity index (χ3v) is 14.6. The van der Waals surface area contributed by atoms with Crippen molar-refractivity contribution in [2.45, 2.75) is 75.6 Å². The average Bonchev–Trinajstić information content (AvgIpc) is 3.57. The van der Waals surface area contributed by atoms with Gasteiger partial charge in [0.05, 0.1) is 65.6 Å². The number of carbonyl (C=O) groups is 2. The Balaban J connectivity index is 1.60. The number of nitrogens with zero attached hydrogens (tertiary/aromatic N) is 3. The smallest absolute Gasteiger partial charge is 0.383 e. The highest BCUT2D eigenvalue weighted by atomic mass is 33.1. The van der Waals surface area contributed by atoms with E-state index >= 15 is 0 Å². The molecule has 0 aromatic carbocycles. The van der Waals surface area contributed by atoms with Gasteiger partial charge in [-0.2, -0.15) is 13.6 Å².